The Hall–Kier alpha value is -1.97. The Morgan fingerprint density at radius 1 is 1.17 bits per heavy atom. The molecule has 3 heterocycles. The average molecular weight is 312 g/mol. The van der Waals surface area contributed by atoms with Gasteiger partial charge < -0.3 is 13.9 Å². The summed E-state index contributed by atoms with van der Waals surface area (Å²) in [6.07, 6.45) is 3.19. The van der Waals surface area contributed by atoms with Crippen molar-refractivity contribution >= 4 is 11.0 Å². The third-order valence-corrected chi connectivity index (χ3v) is 5.99. The number of benzene rings is 1. The largest absolute Gasteiger partial charge is 0.487 e. The number of fused-ring (bicyclic) bond motifs is 3. The maximum atomic E-state index is 11.6. The van der Waals surface area contributed by atoms with Gasteiger partial charge in [-0.25, -0.2) is 4.79 Å². The number of hydrogen-bond acceptors (Lipinski definition) is 4. The summed E-state index contributed by atoms with van der Waals surface area (Å²) >= 11 is 0. The summed E-state index contributed by atoms with van der Waals surface area (Å²) in [6.45, 7) is 6.55. The maximum absolute atomic E-state index is 11.6. The van der Waals surface area contributed by atoms with Crippen LogP contribution in [0.3, 0.4) is 0 Å². The zero-order chi connectivity index (χ0) is 16.0. The molecule has 0 N–H and O–H groups in total. The predicted octanol–water partition coefficient (Wildman–Crippen LogP) is 4.00. The predicted molar refractivity (Wildman–Crippen MR) is 86.3 cm³/mol. The fourth-order valence-corrected chi connectivity index (χ4v) is 4.93. The first kappa shape index (κ1) is 13.5. The molecule has 0 spiro atoms. The first-order chi connectivity index (χ1) is 10.9. The van der Waals surface area contributed by atoms with Crippen molar-refractivity contribution in [3.05, 3.63) is 34.2 Å². The highest BCUT2D eigenvalue weighted by Gasteiger charge is 2.54. The van der Waals surface area contributed by atoms with Gasteiger partial charge in [-0.05, 0) is 46.1 Å². The van der Waals surface area contributed by atoms with E-state index in [4.69, 9.17) is 13.9 Å². The SMILES string of the molecule is CC1(C)Oc2c3c(cc4oc(=O)ccc24)O[C@]2(C)CC[C@H]1[C@@H]3C2. The quantitative estimate of drug-likeness (QED) is 0.690. The van der Waals surface area contributed by atoms with Gasteiger partial charge in [0.25, 0.3) is 0 Å². The molecule has 0 amide bonds. The van der Waals surface area contributed by atoms with E-state index in [1.54, 1.807) is 0 Å². The molecule has 0 saturated heterocycles. The Bertz CT molecular complexity index is 894. The molecular formula is C19H20O4. The van der Waals surface area contributed by atoms with Crippen molar-refractivity contribution in [2.24, 2.45) is 5.92 Å². The number of ether oxygens (including phenoxy) is 2. The molecule has 3 aliphatic rings. The highest BCUT2D eigenvalue weighted by molar-refractivity contribution is 5.88. The molecular weight excluding hydrogens is 292 g/mol. The first-order valence-corrected chi connectivity index (χ1v) is 8.35. The van der Waals surface area contributed by atoms with Crippen LogP contribution in [0.2, 0.25) is 0 Å². The van der Waals surface area contributed by atoms with Gasteiger partial charge in [0.2, 0.25) is 0 Å². The minimum Gasteiger partial charge on any atom is -0.487 e. The Morgan fingerprint density at radius 3 is 2.83 bits per heavy atom. The maximum Gasteiger partial charge on any atom is 0.336 e. The first-order valence-electron chi connectivity index (χ1n) is 8.35. The van der Waals surface area contributed by atoms with E-state index in [1.807, 2.05) is 12.1 Å². The van der Waals surface area contributed by atoms with Gasteiger partial charge in [0.15, 0.2) is 0 Å². The van der Waals surface area contributed by atoms with Crippen LogP contribution in [0.5, 0.6) is 11.5 Å². The Kier molecular flexibility index (Phi) is 2.29. The molecule has 1 aromatic heterocycles. The van der Waals surface area contributed by atoms with Crippen LogP contribution in [0.15, 0.2) is 27.4 Å². The van der Waals surface area contributed by atoms with Gasteiger partial charge in [0, 0.05) is 29.5 Å². The highest BCUT2D eigenvalue weighted by atomic mass is 16.5. The lowest BCUT2D eigenvalue weighted by Gasteiger charge is -2.55. The van der Waals surface area contributed by atoms with Gasteiger partial charge in [0.05, 0.1) is 5.39 Å². The molecule has 4 nitrogen and oxygen atoms in total. The highest BCUT2D eigenvalue weighted by Crippen LogP contribution is 2.61. The molecule has 0 radical (unpaired) electrons. The summed E-state index contributed by atoms with van der Waals surface area (Å²) in [5.74, 6) is 2.63. The molecule has 3 atom stereocenters. The standard InChI is InChI=1S/C19H20O4/c1-18(2)12-6-7-19(3)9-11(12)16-14(22-19)8-13-10(17(16)23-18)4-5-15(20)21-13/h4-5,8,11-12H,6-7,9H2,1-3H3/t11-,12-,19+/m0/s1. The van der Waals surface area contributed by atoms with Crippen molar-refractivity contribution in [3.8, 4) is 11.5 Å². The summed E-state index contributed by atoms with van der Waals surface area (Å²) in [5.41, 5.74) is 1.02. The molecule has 1 aromatic carbocycles. The fourth-order valence-electron chi connectivity index (χ4n) is 4.93. The summed E-state index contributed by atoms with van der Waals surface area (Å²) in [5, 5.41) is 0.868. The number of hydrogen-bond donors (Lipinski definition) is 0. The second-order valence-electron chi connectivity index (χ2n) is 8.00. The van der Waals surface area contributed by atoms with Crippen molar-refractivity contribution in [1.82, 2.24) is 0 Å². The van der Waals surface area contributed by atoms with Gasteiger partial charge >= 0.3 is 5.63 Å². The Morgan fingerprint density at radius 2 is 2.00 bits per heavy atom. The molecule has 1 saturated carbocycles. The van der Waals surface area contributed by atoms with E-state index >= 15 is 0 Å². The van der Waals surface area contributed by atoms with Crippen LogP contribution >= 0.6 is 0 Å². The lowest BCUT2D eigenvalue weighted by atomic mass is 9.61. The lowest BCUT2D eigenvalue weighted by Crippen LogP contribution is -2.53. The zero-order valence-electron chi connectivity index (χ0n) is 13.6. The van der Waals surface area contributed by atoms with Crippen molar-refractivity contribution in [2.75, 3.05) is 0 Å². The third kappa shape index (κ3) is 1.69. The van der Waals surface area contributed by atoms with Gasteiger partial charge in [-0.1, -0.05) is 0 Å². The average Bonchev–Trinajstić information content (AvgIpc) is 2.44. The van der Waals surface area contributed by atoms with Crippen LogP contribution in [-0.2, 0) is 0 Å². The summed E-state index contributed by atoms with van der Waals surface area (Å²) in [7, 11) is 0. The molecule has 2 aromatic rings. The fraction of sp³-hybridized carbons (Fsp3) is 0.526. The smallest absolute Gasteiger partial charge is 0.336 e. The molecule has 2 bridgehead atoms. The van der Waals surface area contributed by atoms with Crippen molar-refractivity contribution in [3.63, 3.8) is 0 Å². The summed E-state index contributed by atoms with van der Waals surface area (Å²) < 4.78 is 18.2. The minimum absolute atomic E-state index is 0.123. The van der Waals surface area contributed by atoms with Crippen LogP contribution in [-0.4, -0.2) is 11.2 Å². The summed E-state index contributed by atoms with van der Waals surface area (Å²) in [4.78, 5) is 11.6. The van der Waals surface area contributed by atoms with Gasteiger partial charge in [-0.15, -0.1) is 0 Å². The van der Waals surface area contributed by atoms with Gasteiger partial charge in [-0.3, -0.25) is 0 Å². The minimum atomic E-state index is -0.347. The van der Waals surface area contributed by atoms with E-state index in [9.17, 15) is 4.79 Å². The number of rotatable bonds is 0. The van der Waals surface area contributed by atoms with E-state index in [2.05, 4.69) is 20.8 Å². The van der Waals surface area contributed by atoms with Crippen LogP contribution in [0.1, 0.15) is 51.5 Å². The normalized spacial score (nSPS) is 33.0. The second-order valence-corrected chi connectivity index (χ2v) is 8.00. The molecule has 2 aliphatic heterocycles. The second kappa shape index (κ2) is 3.92. The van der Waals surface area contributed by atoms with Crippen LogP contribution in [0.25, 0.3) is 11.0 Å². The monoisotopic (exact) mass is 312 g/mol. The molecule has 0 unspecified atom stereocenters. The van der Waals surface area contributed by atoms with Crippen LogP contribution in [0.4, 0.5) is 0 Å². The summed E-state index contributed by atoms with van der Waals surface area (Å²) in [6, 6.07) is 5.15. The van der Waals surface area contributed by atoms with E-state index in [1.165, 1.54) is 11.6 Å². The van der Waals surface area contributed by atoms with Crippen molar-refractivity contribution in [1.29, 1.82) is 0 Å². The van der Waals surface area contributed by atoms with Crippen molar-refractivity contribution in [2.45, 2.75) is 57.2 Å². The van der Waals surface area contributed by atoms with E-state index in [0.717, 1.165) is 36.1 Å². The van der Waals surface area contributed by atoms with Crippen LogP contribution < -0.4 is 15.1 Å². The van der Waals surface area contributed by atoms with Gasteiger partial charge in [-0.2, -0.15) is 0 Å². The van der Waals surface area contributed by atoms with Crippen molar-refractivity contribution < 1.29 is 13.9 Å². The lowest BCUT2D eigenvalue weighted by molar-refractivity contribution is -0.0718. The van der Waals surface area contributed by atoms with Gasteiger partial charge in [0.1, 0.15) is 28.3 Å². The zero-order valence-corrected chi connectivity index (χ0v) is 13.6. The molecule has 5 rings (SSSR count). The van der Waals surface area contributed by atoms with E-state index < -0.39 is 0 Å². The molecule has 4 heteroatoms. The van der Waals surface area contributed by atoms with Crippen LogP contribution in [0, 0.1) is 5.92 Å². The molecule has 1 aliphatic carbocycles. The topological polar surface area (TPSA) is 48.7 Å². The molecule has 120 valence electrons. The molecule has 23 heavy (non-hydrogen) atoms. The van der Waals surface area contributed by atoms with E-state index in [0.29, 0.717) is 17.4 Å². The third-order valence-electron chi connectivity index (χ3n) is 5.99. The Labute approximate surface area is 134 Å². The van der Waals surface area contributed by atoms with E-state index in [-0.39, 0.29) is 16.8 Å². The Balaban J connectivity index is 1.88. The molecule has 1 fully saturated rings.